The minimum Gasteiger partial charge on any atom is -0.399 e. The molecule has 55 heavy (non-hydrogen) atoms. The molecule has 2 heterocycles. The normalized spacial score (nSPS) is 13.3. The molecule has 0 aliphatic heterocycles. The number of unbranched alkanes of at least 4 members (excludes halogenated alkanes) is 6. The third kappa shape index (κ3) is 5.69. The quantitative estimate of drug-likeness (QED) is 0.0742. The zero-order valence-electron chi connectivity index (χ0n) is 32.2. The SMILES string of the molecule is CCCCCCC1(CCCCCC)c2cc(-n3c4ccc(N)cc4c4cc(N)ccc43)ccc2-c2ccc(-n3c4ccc(N)cc4c4cc(N)ccc43)cc21. The van der Waals surface area contributed by atoms with Gasteiger partial charge in [0.15, 0.2) is 0 Å². The van der Waals surface area contributed by atoms with Crippen molar-refractivity contribution in [1.29, 1.82) is 0 Å². The fourth-order valence-corrected chi connectivity index (χ4v) is 9.79. The molecule has 8 N–H and O–H groups in total. The molecule has 6 heteroatoms. The number of anilines is 4. The Kier molecular flexibility index (Phi) is 8.72. The van der Waals surface area contributed by atoms with Crippen molar-refractivity contribution in [3.05, 3.63) is 120 Å². The summed E-state index contributed by atoms with van der Waals surface area (Å²) in [5, 5.41) is 4.48. The molecule has 9 rings (SSSR count). The Hall–Kier alpha value is -5.88. The first-order valence-electron chi connectivity index (χ1n) is 20.3. The highest BCUT2D eigenvalue weighted by Gasteiger charge is 2.43. The Morgan fingerprint density at radius 1 is 0.400 bits per heavy atom. The lowest BCUT2D eigenvalue weighted by molar-refractivity contribution is 0.401. The molecule has 1 aliphatic rings. The summed E-state index contributed by atoms with van der Waals surface area (Å²) in [7, 11) is 0. The second-order valence-electron chi connectivity index (χ2n) is 15.9. The second-order valence-corrected chi connectivity index (χ2v) is 15.9. The van der Waals surface area contributed by atoms with E-state index in [-0.39, 0.29) is 5.41 Å². The third-order valence-electron chi connectivity index (χ3n) is 12.4. The predicted molar refractivity (Wildman–Crippen MR) is 237 cm³/mol. The molecule has 278 valence electrons. The highest BCUT2D eigenvalue weighted by Crippen LogP contribution is 2.56. The molecule has 8 aromatic rings. The molecule has 0 atom stereocenters. The summed E-state index contributed by atoms with van der Waals surface area (Å²) in [5.41, 5.74) is 40.8. The maximum absolute atomic E-state index is 6.36. The van der Waals surface area contributed by atoms with Crippen LogP contribution in [-0.2, 0) is 5.41 Å². The Morgan fingerprint density at radius 2 is 0.745 bits per heavy atom. The minimum atomic E-state index is -0.126. The van der Waals surface area contributed by atoms with E-state index >= 15 is 0 Å². The van der Waals surface area contributed by atoms with E-state index in [1.807, 2.05) is 24.3 Å². The maximum atomic E-state index is 6.36. The first-order chi connectivity index (χ1) is 26.8. The van der Waals surface area contributed by atoms with Crippen molar-refractivity contribution in [1.82, 2.24) is 9.13 Å². The van der Waals surface area contributed by atoms with Gasteiger partial charge in [-0.05, 0) is 132 Å². The molecule has 0 bridgehead atoms. The van der Waals surface area contributed by atoms with Crippen molar-refractivity contribution in [3.63, 3.8) is 0 Å². The van der Waals surface area contributed by atoms with Crippen LogP contribution in [0.2, 0.25) is 0 Å². The van der Waals surface area contributed by atoms with E-state index in [1.165, 1.54) is 85.0 Å². The van der Waals surface area contributed by atoms with E-state index in [2.05, 4.69) is 108 Å². The van der Waals surface area contributed by atoms with Crippen molar-refractivity contribution in [2.45, 2.75) is 83.5 Å². The smallest absolute Gasteiger partial charge is 0.0542 e. The van der Waals surface area contributed by atoms with Gasteiger partial charge in [0.2, 0.25) is 0 Å². The Balaban J connectivity index is 1.28. The molecule has 2 aromatic heterocycles. The Bertz CT molecular complexity index is 2440. The average Bonchev–Trinajstić information content (AvgIpc) is 3.77. The molecule has 0 amide bonds. The van der Waals surface area contributed by atoms with Crippen molar-refractivity contribution in [3.8, 4) is 22.5 Å². The van der Waals surface area contributed by atoms with Crippen molar-refractivity contribution < 1.29 is 0 Å². The van der Waals surface area contributed by atoms with Crippen molar-refractivity contribution >= 4 is 66.4 Å². The fraction of sp³-hybridized carbons (Fsp3) is 0.265. The number of nitrogens with zero attached hydrogens (tertiary/aromatic N) is 2. The number of nitrogens with two attached hydrogens (primary N) is 4. The standard InChI is InChI=1S/C49H52N6/c1-3-5-7-9-23-49(24-10-8-6-4-2)43-29-35(54-45-19-11-31(50)25-39(45)40-26-32(51)12-20-46(40)54)15-17-37(43)38-18-16-36(30-44(38)49)55-47-21-13-33(52)27-41(47)42-28-34(53)14-22-48(42)55/h11-22,25-30H,3-10,23-24,50-53H2,1-2H3. The molecule has 0 fully saturated rings. The molecule has 6 aromatic carbocycles. The molecule has 0 saturated carbocycles. The summed E-state index contributed by atoms with van der Waals surface area (Å²) in [6.45, 7) is 4.61. The molecule has 1 aliphatic carbocycles. The second kappa shape index (κ2) is 13.8. The zero-order chi connectivity index (χ0) is 37.8. The fourth-order valence-electron chi connectivity index (χ4n) is 9.79. The lowest BCUT2D eigenvalue weighted by Gasteiger charge is -2.33. The van der Waals surface area contributed by atoms with Crippen LogP contribution in [0.25, 0.3) is 66.1 Å². The van der Waals surface area contributed by atoms with Crippen LogP contribution in [0.5, 0.6) is 0 Å². The van der Waals surface area contributed by atoms with E-state index in [0.717, 1.165) is 79.2 Å². The highest BCUT2D eigenvalue weighted by molar-refractivity contribution is 6.12. The highest BCUT2D eigenvalue weighted by atomic mass is 15.0. The summed E-state index contributed by atoms with van der Waals surface area (Å²) in [6.07, 6.45) is 12.0. The number of rotatable bonds is 12. The monoisotopic (exact) mass is 724 g/mol. The molecular weight excluding hydrogens is 673 g/mol. The van der Waals surface area contributed by atoms with Gasteiger partial charge in [0, 0.05) is 61.1 Å². The molecule has 0 unspecified atom stereocenters. The van der Waals surface area contributed by atoms with Gasteiger partial charge in [-0.25, -0.2) is 0 Å². The van der Waals surface area contributed by atoms with Gasteiger partial charge in [-0.1, -0.05) is 77.3 Å². The van der Waals surface area contributed by atoms with Gasteiger partial charge in [-0.2, -0.15) is 0 Å². The maximum Gasteiger partial charge on any atom is 0.0542 e. The molecule has 0 saturated heterocycles. The first-order valence-corrected chi connectivity index (χ1v) is 20.3. The zero-order valence-corrected chi connectivity index (χ0v) is 32.2. The van der Waals surface area contributed by atoms with Crippen molar-refractivity contribution in [2.24, 2.45) is 0 Å². The largest absolute Gasteiger partial charge is 0.399 e. The van der Waals surface area contributed by atoms with Crippen LogP contribution in [-0.4, -0.2) is 9.13 Å². The lowest BCUT2D eigenvalue weighted by atomic mass is 9.70. The van der Waals surface area contributed by atoms with E-state index in [9.17, 15) is 0 Å². The number of hydrogen-bond donors (Lipinski definition) is 4. The van der Waals surface area contributed by atoms with Gasteiger partial charge >= 0.3 is 0 Å². The van der Waals surface area contributed by atoms with E-state index in [1.54, 1.807) is 0 Å². The van der Waals surface area contributed by atoms with Gasteiger partial charge in [-0.3, -0.25) is 0 Å². The summed E-state index contributed by atoms with van der Waals surface area (Å²) in [5.74, 6) is 0. The minimum absolute atomic E-state index is 0.126. The van der Waals surface area contributed by atoms with Gasteiger partial charge in [-0.15, -0.1) is 0 Å². The van der Waals surface area contributed by atoms with Crippen LogP contribution in [0.3, 0.4) is 0 Å². The van der Waals surface area contributed by atoms with Crippen LogP contribution in [0, 0.1) is 0 Å². The van der Waals surface area contributed by atoms with E-state index < -0.39 is 0 Å². The van der Waals surface area contributed by atoms with Crippen LogP contribution < -0.4 is 22.9 Å². The number of fused-ring (bicyclic) bond motifs is 9. The molecule has 6 nitrogen and oxygen atoms in total. The summed E-state index contributed by atoms with van der Waals surface area (Å²) < 4.78 is 4.82. The Morgan fingerprint density at radius 3 is 1.07 bits per heavy atom. The molecule has 0 radical (unpaired) electrons. The third-order valence-corrected chi connectivity index (χ3v) is 12.4. The average molecular weight is 725 g/mol. The van der Waals surface area contributed by atoms with E-state index in [0.29, 0.717) is 0 Å². The van der Waals surface area contributed by atoms with Gasteiger partial charge in [0.05, 0.1) is 22.1 Å². The summed E-state index contributed by atoms with van der Waals surface area (Å²) in [6, 6.07) is 39.5. The van der Waals surface area contributed by atoms with Crippen LogP contribution in [0.1, 0.15) is 89.2 Å². The molecule has 0 spiro atoms. The lowest BCUT2D eigenvalue weighted by Crippen LogP contribution is -2.26. The predicted octanol–water partition coefficient (Wildman–Crippen LogP) is 12.4. The number of hydrogen-bond acceptors (Lipinski definition) is 4. The molecular formula is C49H52N6. The number of aromatic nitrogens is 2. The van der Waals surface area contributed by atoms with Crippen LogP contribution in [0.4, 0.5) is 22.7 Å². The van der Waals surface area contributed by atoms with Crippen LogP contribution >= 0.6 is 0 Å². The van der Waals surface area contributed by atoms with Crippen molar-refractivity contribution in [2.75, 3.05) is 22.9 Å². The summed E-state index contributed by atoms with van der Waals surface area (Å²) >= 11 is 0. The van der Waals surface area contributed by atoms with Crippen LogP contribution in [0.15, 0.2) is 109 Å². The summed E-state index contributed by atoms with van der Waals surface area (Å²) in [4.78, 5) is 0. The van der Waals surface area contributed by atoms with Gasteiger partial charge in [0.25, 0.3) is 0 Å². The topological polar surface area (TPSA) is 114 Å². The number of benzene rings is 6. The first kappa shape index (κ1) is 34.9. The van der Waals surface area contributed by atoms with E-state index in [4.69, 9.17) is 22.9 Å². The van der Waals surface area contributed by atoms with Gasteiger partial charge < -0.3 is 32.1 Å². The number of nitrogen functional groups attached to an aromatic ring is 4. The van der Waals surface area contributed by atoms with Gasteiger partial charge in [0.1, 0.15) is 0 Å². The Labute approximate surface area is 323 Å².